The number of hydrogen-bond acceptors (Lipinski definition) is 1. The third-order valence-corrected chi connectivity index (χ3v) is 0.864. The molecule has 0 aromatic carbocycles. The van der Waals surface area contributed by atoms with E-state index in [-0.39, 0.29) is 0 Å². The van der Waals surface area contributed by atoms with Crippen LogP contribution in [0.2, 0.25) is 0 Å². The maximum absolute atomic E-state index is 11.9. The van der Waals surface area contributed by atoms with Gasteiger partial charge in [-0.1, -0.05) is 0 Å². The van der Waals surface area contributed by atoms with Crippen molar-refractivity contribution in [1.82, 2.24) is 0 Å². The Morgan fingerprint density at radius 3 is 2.18 bits per heavy atom. The quantitative estimate of drug-likeness (QED) is 0.599. The lowest BCUT2D eigenvalue weighted by Gasteiger charge is -2.07. The van der Waals surface area contributed by atoms with Crippen molar-refractivity contribution in [1.29, 1.82) is 0 Å². The van der Waals surface area contributed by atoms with Crippen molar-refractivity contribution in [2.45, 2.75) is 19.0 Å². The van der Waals surface area contributed by atoms with Gasteiger partial charge in [0.1, 0.15) is 12.8 Å². The number of rotatable bonds is 4. The van der Waals surface area contributed by atoms with Crippen LogP contribution in [0.25, 0.3) is 0 Å². The molecular weight excluding hydrogens is 171 g/mol. The highest BCUT2D eigenvalue weighted by atomic mass is 19.4. The zero-order valence-corrected chi connectivity index (χ0v) is 5.50. The molecule has 0 saturated heterocycles. The van der Waals surface area contributed by atoms with Gasteiger partial charge in [0.05, 0.1) is 6.61 Å². The predicted octanol–water partition coefficient (Wildman–Crippen LogP) is 2.22. The summed E-state index contributed by atoms with van der Waals surface area (Å²) in [5.74, 6) is 0. The van der Waals surface area contributed by atoms with Gasteiger partial charge in [-0.15, -0.1) is 13.2 Å². The van der Waals surface area contributed by atoms with Crippen LogP contribution in [0.15, 0.2) is 0 Å². The van der Waals surface area contributed by atoms with Gasteiger partial charge >= 0.3 is 6.36 Å². The van der Waals surface area contributed by atoms with Gasteiger partial charge in [0.25, 0.3) is 0 Å². The monoisotopic (exact) mass is 178 g/mol. The van der Waals surface area contributed by atoms with Crippen molar-refractivity contribution < 1.29 is 26.7 Å². The van der Waals surface area contributed by atoms with Crippen LogP contribution in [0, 0.1) is 0 Å². The third kappa shape index (κ3) is 7.51. The molecule has 1 nitrogen and oxygen atoms in total. The minimum atomic E-state index is -4.75. The topological polar surface area (TPSA) is 9.23 Å². The second-order valence-electron chi connectivity index (χ2n) is 1.83. The van der Waals surface area contributed by atoms with Crippen LogP contribution in [0.4, 0.5) is 22.0 Å². The van der Waals surface area contributed by atoms with Crippen LogP contribution in [0.5, 0.6) is 0 Å². The Kier molecular flexibility index (Phi) is 4.32. The molecule has 0 aromatic heterocycles. The van der Waals surface area contributed by atoms with Gasteiger partial charge in [-0.05, 0) is 0 Å². The molecule has 0 saturated carbocycles. The Morgan fingerprint density at radius 1 is 1.27 bits per heavy atom. The van der Waals surface area contributed by atoms with Crippen LogP contribution in [0.3, 0.4) is 0 Å². The van der Waals surface area contributed by atoms with E-state index in [0.717, 1.165) is 0 Å². The van der Waals surface area contributed by atoms with E-state index in [4.69, 9.17) is 0 Å². The fourth-order valence-corrected chi connectivity index (χ4v) is 0.380. The highest BCUT2D eigenvalue weighted by molar-refractivity contribution is 4.51. The number of halogens is 5. The molecule has 1 unspecified atom stereocenters. The van der Waals surface area contributed by atoms with Crippen LogP contribution in [-0.4, -0.2) is 25.8 Å². The lowest BCUT2D eigenvalue weighted by Crippen LogP contribution is -2.17. The van der Waals surface area contributed by atoms with Crippen LogP contribution < -0.4 is 0 Å². The van der Waals surface area contributed by atoms with E-state index in [0.29, 0.717) is 0 Å². The maximum Gasteiger partial charge on any atom is 0.522 e. The molecule has 0 aliphatic rings. The fraction of sp³-hybridized carbons (Fsp3) is 1.00. The average molecular weight is 178 g/mol. The Morgan fingerprint density at radius 2 is 1.82 bits per heavy atom. The van der Waals surface area contributed by atoms with Gasteiger partial charge in [-0.3, -0.25) is 4.74 Å². The zero-order valence-electron chi connectivity index (χ0n) is 5.50. The molecule has 0 amide bonds. The molecule has 0 N–H and O–H groups in total. The van der Waals surface area contributed by atoms with E-state index in [2.05, 4.69) is 4.74 Å². The van der Waals surface area contributed by atoms with Gasteiger partial charge in [-0.2, -0.15) is 0 Å². The molecule has 0 aliphatic heterocycles. The van der Waals surface area contributed by atoms with Crippen molar-refractivity contribution in [2.75, 3.05) is 13.3 Å². The van der Waals surface area contributed by atoms with Crippen molar-refractivity contribution in [2.24, 2.45) is 0 Å². The summed E-state index contributed by atoms with van der Waals surface area (Å²) in [6, 6.07) is 0. The molecular formula is C5H7F5O. The summed E-state index contributed by atoms with van der Waals surface area (Å²) >= 11 is 0. The van der Waals surface area contributed by atoms with Crippen molar-refractivity contribution >= 4 is 0 Å². The van der Waals surface area contributed by atoms with Gasteiger partial charge in [-0.25, -0.2) is 8.78 Å². The number of hydrogen-bond donors (Lipinski definition) is 0. The summed E-state index contributed by atoms with van der Waals surface area (Å²) in [5, 5.41) is 0. The van der Waals surface area contributed by atoms with E-state index in [1.54, 1.807) is 0 Å². The van der Waals surface area contributed by atoms with Crippen LogP contribution >= 0.6 is 0 Å². The SMILES string of the molecule is FCC(F)CCOC(F)(F)F. The molecule has 0 heterocycles. The standard InChI is InChI=1S/C5H7F5O/c6-3-4(7)1-2-11-5(8,9)10/h4H,1-3H2. The Balaban J connectivity index is 3.28. The fourth-order valence-electron chi connectivity index (χ4n) is 0.380. The summed E-state index contributed by atoms with van der Waals surface area (Å²) in [6.45, 7) is -2.12. The molecule has 0 spiro atoms. The molecule has 0 radical (unpaired) electrons. The minimum Gasteiger partial charge on any atom is -0.292 e. The molecule has 0 fully saturated rings. The molecule has 6 heteroatoms. The van der Waals surface area contributed by atoms with E-state index in [1.165, 1.54) is 0 Å². The van der Waals surface area contributed by atoms with Crippen molar-refractivity contribution in [3.05, 3.63) is 0 Å². The molecule has 0 rings (SSSR count). The van der Waals surface area contributed by atoms with Gasteiger partial charge < -0.3 is 0 Å². The molecule has 11 heavy (non-hydrogen) atoms. The lowest BCUT2D eigenvalue weighted by atomic mass is 10.3. The van der Waals surface area contributed by atoms with Gasteiger partial charge in [0.2, 0.25) is 0 Å². The average Bonchev–Trinajstić information content (AvgIpc) is 1.85. The molecule has 0 aromatic rings. The second kappa shape index (κ2) is 4.48. The first-order valence-electron chi connectivity index (χ1n) is 2.86. The van der Waals surface area contributed by atoms with E-state index < -0.39 is 32.2 Å². The normalized spacial score (nSPS) is 15.0. The lowest BCUT2D eigenvalue weighted by molar-refractivity contribution is -0.325. The summed E-state index contributed by atoms with van der Waals surface area (Å²) < 4.78 is 59.9. The highest BCUT2D eigenvalue weighted by Crippen LogP contribution is 2.16. The smallest absolute Gasteiger partial charge is 0.292 e. The van der Waals surface area contributed by atoms with E-state index >= 15 is 0 Å². The second-order valence-corrected chi connectivity index (χ2v) is 1.83. The molecule has 1 atom stereocenters. The van der Waals surface area contributed by atoms with Crippen molar-refractivity contribution in [3.8, 4) is 0 Å². The number of ether oxygens (including phenoxy) is 1. The zero-order chi connectivity index (χ0) is 8.91. The molecule has 68 valence electrons. The molecule has 0 bridgehead atoms. The van der Waals surface area contributed by atoms with Gasteiger partial charge in [0, 0.05) is 6.42 Å². The third-order valence-electron chi connectivity index (χ3n) is 0.864. The first-order valence-corrected chi connectivity index (χ1v) is 2.86. The summed E-state index contributed by atoms with van der Waals surface area (Å²) in [4.78, 5) is 0. The van der Waals surface area contributed by atoms with E-state index in [9.17, 15) is 22.0 Å². The molecule has 0 aliphatic carbocycles. The maximum atomic E-state index is 11.9. The largest absolute Gasteiger partial charge is 0.522 e. The highest BCUT2D eigenvalue weighted by Gasteiger charge is 2.28. The van der Waals surface area contributed by atoms with E-state index in [1.807, 2.05) is 0 Å². The first-order chi connectivity index (χ1) is 4.95. The van der Waals surface area contributed by atoms with Gasteiger partial charge in [0.15, 0.2) is 0 Å². The summed E-state index contributed by atoms with van der Waals surface area (Å²) in [7, 11) is 0. The number of alkyl halides is 5. The minimum absolute atomic E-state index is 0.573. The predicted molar refractivity (Wildman–Crippen MR) is 27.5 cm³/mol. The summed E-state index contributed by atoms with van der Waals surface area (Å²) in [5.41, 5.74) is 0. The Labute approximate surface area is 60.1 Å². The van der Waals surface area contributed by atoms with Crippen LogP contribution in [0.1, 0.15) is 6.42 Å². The Hall–Kier alpha value is -0.390. The van der Waals surface area contributed by atoms with Crippen LogP contribution in [-0.2, 0) is 4.74 Å². The van der Waals surface area contributed by atoms with Crippen molar-refractivity contribution in [3.63, 3.8) is 0 Å². The summed E-state index contributed by atoms with van der Waals surface area (Å²) in [6.07, 6.45) is -7.19. The first kappa shape index (κ1) is 10.6. The Bertz CT molecular complexity index is 102.